The first-order valence-corrected chi connectivity index (χ1v) is 8.43. The lowest BCUT2D eigenvalue weighted by Gasteiger charge is -2.26. The summed E-state index contributed by atoms with van der Waals surface area (Å²) in [7, 11) is 0. The zero-order chi connectivity index (χ0) is 19.6. The van der Waals surface area contributed by atoms with Gasteiger partial charge in [-0.1, -0.05) is 30.3 Å². The first-order chi connectivity index (χ1) is 12.9. The maximum absolute atomic E-state index is 12.6. The van der Waals surface area contributed by atoms with Gasteiger partial charge in [-0.15, -0.1) is 0 Å². The molecule has 3 rings (SSSR count). The van der Waals surface area contributed by atoms with Crippen LogP contribution in [0.25, 0.3) is 0 Å². The minimum Gasteiger partial charge on any atom is -0.503 e. The number of hydrogen-bond acceptors (Lipinski definition) is 5. The highest BCUT2D eigenvalue weighted by molar-refractivity contribution is 6.08. The Labute approximate surface area is 155 Å². The van der Waals surface area contributed by atoms with E-state index in [0.717, 1.165) is 5.56 Å². The standard InChI is InChI=1S/C20H18N2O5/c1-13(23)17-18(15-7-9-16(10-8-15)22(26)27)21(20(25)19(17)24)12-11-14-5-3-2-4-6-14/h2-10,18,24H,11-12H2,1H3/t18-/m0/s1. The molecule has 0 fully saturated rings. The molecule has 1 heterocycles. The van der Waals surface area contributed by atoms with Crippen LogP contribution in [0, 0.1) is 10.1 Å². The van der Waals surface area contributed by atoms with Gasteiger partial charge in [-0.25, -0.2) is 0 Å². The van der Waals surface area contributed by atoms with Crippen molar-refractivity contribution in [2.45, 2.75) is 19.4 Å². The molecule has 1 amide bonds. The van der Waals surface area contributed by atoms with Crippen molar-refractivity contribution in [3.8, 4) is 0 Å². The molecule has 0 saturated heterocycles. The van der Waals surface area contributed by atoms with Gasteiger partial charge in [-0.2, -0.15) is 0 Å². The van der Waals surface area contributed by atoms with Crippen LogP contribution in [0.3, 0.4) is 0 Å². The number of carbonyl (C=O) groups is 2. The highest BCUT2D eigenvalue weighted by atomic mass is 16.6. The Bertz CT molecular complexity index is 919. The molecule has 1 aliphatic heterocycles. The van der Waals surface area contributed by atoms with Crippen LogP contribution in [-0.2, 0) is 16.0 Å². The third kappa shape index (κ3) is 3.57. The number of non-ortho nitro benzene ring substituents is 1. The van der Waals surface area contributed by atoms with E-state index >= 15 is 0 Å². The van der Waals surface area contributed by atoms with E-state index in [2.05, 4.69) is 0 Å². The molecule has 0 bridgehead atoms. The van der Waals surface area contributed by atoms with Gasteiger partial charge in [0.15, 0.2) is 11.5 Å². The van der Waals surface area contributed by atoms with E-state index in [0.29, 0.717) is 18.5 Å². The van der Waals surface area contributed by atoms with Crippen molar-refractivity contribution in [2.75, 3.05) is 6.54 Å². The summed E-state index contributed by atoms with van der Waals surface area (Å²) in [6.45, 7) is 1.59. The smallest absolute Gasteiger partial charge is 0.290 e. The second-order valence-electron chi connectivity index (χ2n) is 6.30. The predicted octanol–water partition coefficient (Wildman–Crippen LogP) is 3.12. The van der Waals surface area contributed by atoms with Crippen LogP contribution in [0.2, 0.25) is 0 Å². The summed E-state index contributed by atoms with van der Waals surface area (Å²) in [4.78, 5) is 36.4. The third-order valence-corrected chi connectivity index (χ3v) is 4.59. The van der Waals surface area contributed by atoms with E-state index in [4.69, 9.17) is 0 Å². The Balaban J connectivity index is 1.94. The number of aliphatic hydroxyl groups excluding tert-OH is 1. The van der Waals surface area contributed by atoms with Crippen molar-refractivity contribution < 1.29 is 19.6 Å². The Morgan fingerprint density at radius 3 is 2.33 bits per heavy atom. The monoisotopic (exact) mass is 366 g/mol. The van der Waals surface area contributed by atoms with E-state index in [1.54, 1.807) is 0 Å². The average Bonchev–Trinajstić information content (AvgIpc) is 2.92. The predicted molar refractivity (Wildman–Crippen MR) is 98.0 cm³/mol. The van der Waals surface area contributed by atoms with Crippen LogP contribution in [0.5, 0.6) is 0 Å². The van der Waals surface area contributed by atoms with Crippen molar-refractivity contribution in [3.05, 3.63) is 87.2 Å². The number of hydrogen-bond donors (Lipinski definition) is 1. The molecule has 2 aromatic rings. The number of nitro groups is 1. The summed E-state index contributed by atoms with van der Waals surface area (Å²) in [6.07, 6.45) is 0.550. The number of benzene rings is 2. The molecule has 1 N–H and O–H groups in total. The fourth-order valence-corrected chi connectivity index (χ4v) is 3.26. The minimum atomic E-state index is -0.764. The van der Waals surface area contributed by atoms with Crippen LogP contribution in [-0.4, -0.2) is 33.2 Å². The summed E-state index contributed by atoms with van der Waals surface area (Å²) < 4.78 is 0. The molecule has 7 heteroatoms. The molecule has 7 nitrogen and oxygen atoms in total. The van der Waals surface area contributed by atoms with Gasteiger partial charge < -0.3 is 10.0 Å². The quantitative estimate of drug-likeness (QED) is 0.625. The number of nitro benzene ring substituents is 1. The molecular formula is C20H18N2O5. The van der Waals surface area contributed by atoms with Crippen molar-refractivity contribution in [1.82, 2.24) is 4.90 Å². The summed E-state index contributed by atoms with van der Waals surface area (Å²) in [5.74, 6) is -1.58. The highest BCUT2D eigenvalue weighted by Crippen LogP contribution is 2.38. The second-order valence-corrected chi connectivity index (χ2v) is 6.30. The number of nitrogens with zero attached hydrogens (tertiary/aromatic N) is 2. The average molecular weight is 366 g/mol. The lowest BCUT2D eigenvalue weighted by molar-refractivity contribution is -0.384. The lowest BCUT2D eigenvalue weighted by atomic mass is 9.96. The normalized spacial score (nSPS) is 16.7. The summed E-state index contributed by atoms with van der Waals surface area (Å²) in [6, 6.07) is 14.4. The molecule has 0 aliphatic carbocycles. The SMILES string of the molecule is CC(=O)C1=C(O)C(=O)N(CCc2ccccc2)[C@H]1c1ccc([N+](=O)[O-])cc1. The topological polar surface area (TPSA) is 101 Å². The van der Waals surface area contributed by atoms with Crippen LogP contribution < -0.4 is 0 Å². The fourth-order valence-electron chi connectivity index (χ4n) is 3.26. The molecule has 2 aromatic carbocycles. The molecule has 0 radical (unpaired) electrons. The third-order valence-electron chi connectivity index (χ3n) is 4.59. The summed E-state index contributed by atoms with van der Waals surface area (Å²) in [5, 5.41) is 21.1. The fraction of sp³-hybridized carbons (Fsp3) is 0.200. The first-order valence-electron chi connectivity index (χ1n) is 8.43. The largest absolute Gasteiger partial charge is 0.503 e. The van der Waals surface area contributed by atoms with E-state index in [1.807, 2.05) is 30.3 Å². The van der Waals surface area contributed by atoms with Gasteiger partial charge in [0.2, 0.25) is 0 Å². The Hall–Kier alpha value is -3.48. The number of amides is 1. The molecule has 0 unspecified atom stereocenters. The highest BCUT2D eigenvalue weighted by Gasteiger charge is 2.42. The molecule has 1 atom stereocenters. The van der Waals surface area contributed by atoms with Crippen molar-refractivity contribution in [2.24, 2.45) is 0 Å². The van der Waals surface area contributed by atoms with Gasteiger partial charge in [0.05, 0.1) is 16.5 Å². The van der Waals surface area contributed by atoms with Gasteiger partial charge >= 0.3 is 0 Å². The Morgan fingerprint density at radius 1 is 1.15 bits per heavy atom. The molecule has 1 aliphatic rings. The van der Waals surface area contributed by atoms with Gasteiger partial charge in [-0.05, 0) is 36.6 Å². The number of Topliss-reactive ketones (excluding diaryl/α,β-unsaturated/α-hetero) is 1. The van der Waals surface area contributed by atoms with E-state index in [-0.39, 0.29) is 11.3 Å². The number of aliphatic hydroxyl groups is 1. The van der Waals surface area contributed by atoms with E-state index < -0.39 is 28.4 Å². The number of ketones is 1. The molecule has 0 aromatic heterocycles. The second kappa shape index (κ2) is 7.41. The summed E-state index contributed by atoms with van der Waals surface area (Å²) in [5.41, 5.74) is 1.48. The Kier molecular flexibility index (Phi) is 5.03. The summed E-state index contributed by atoms with van der Waals surface area (Å²) >= 11 is 0. The maximum atomic E-state index is 12.6. The first kappa shape index (κ1) is 18.3. The van der Waals surface area contributed by atoms with Crippen LogP contribution >= 0.6 is 0 Å². The molecule has 0 saturated carbocycles. The van der Waals surface area contributed by atoms with Crippen LogP contribution in [0.4, 0.5) is 5.69 Å². The van der Waals surface area contributed by atoms with E-state index in [1.165, 1.54) is 36.1 Å². The van der Waals surface area contributed by atoms with Gasteiger partial charge in [-0.3, -0.25) is 19.7 Å². The van der Waals surface area contributed by atoms with Crippen LogP contribution in [0.1, 0.15) is 24.1 Å². The minimum absolute atomic E-state index is 0.0157. The van der Waals surface area contributed by atoms with Crippen LogP contribution in [0.15, 0.2) is 65.9 Å². The molecular weight excluding hydrogens is 348 g/mol. The maximum Gasteiger partial charge on any atom is 0.290 e. The lowest BCUT2D eigenvalue weighted by Crippen LogP contribution is -2.32. The molecule has 0 spiro atoms. The van der Waals surface area contributed by atoms with Gasteiger partial charge in [0, 0.05) is 18.7 Å². The van der Waals surface area contributed by atoms with Crippen molar-refractivity contribution in [1.29, 1.82) is 0 Å². The number of rotatable bonds is 6. The van der Waals surface area contributed by atoms with Gasteiger partial charge in [0.25, 0.3) is 11.6 Å². The van der Waals surface area contributed by atoms with Gasteiger partial charge in [0.1, 0.15) is 0 Å². The van der Waals surface area contributed by atoms with E-state index in [9.17, 15) is 24.8 Å². The van der Waals surface area contributed by atoms with Crippen molar-refractivity contribution >= 4 is 17.4 Å². The zero-order valence-corrected chi connectivity index (χ0v) is 14.7. The zero-order valence-electron chi connectivity index (χ0n) is 14.7. The number of carbonyl (C=O) groups excluding carboxylic acids is 2. The molecule has 27 heavy (non-hydrogen) atoms. The van der Waals surface area contributed by atoms with Crippen molar-refractivity contribution in [3.63, 3.8) is 0 Å². The molecule has 138 valence electrons. The Morgan fingerprint density at radius 2 is 1.78 bits per heavy atom.